The lowest BCUT2D eigenvalue weighted by Crippen LogP contribution is -2.11. The molecule has 0 saturated heterocycles. The minimum atomic E-state index is -1.29. The van der Waals surface area contributed by atoms with Gasteiger partial charge in [0.2, 0.25) is 0 Å². The molecule has 0 saturated carbocycles. The molecule has 0 unspecified atom stereocenters. The molecule has 0 aliphatic carbocycles. The van der Waals surface area contributed by atoms with Gasteiger partial charge in [-0.1, -0.05) is 0 Å². The Morgan fingerprint density at radius 2 is 1.13 bits per heavy atom. The Kier molecular flexibility index (Phi) is 5.97. The number of aromatic hydroxyl groups is 1. The summed E-state index contributed by atoms with van der Waals surface area (Å²) in [6, 6.07) is 15.0. The molecule has 0 spiro atoms. The molecular formula is C22H16O8. The van der Waals surface area contributed by atoms with E-state index in [0.29, 0.717) is 5.75 Å². The van der Waals surface area contributed by atoms with Crippen molar-refractivity contribution in [3.8, 4) is 23.0 Å². The van der Waals surface area contributed by atoms with Crippen molar-refractivity contribution in [3.05, 3.63) is 83.4 Å². The van der Waals surface area contributed by atoms with Gasteiger partial charge in [-0.15, -0.1) is 0 Å². The maximum absolute atomic E-state index is 12.3. The number of aromatic carboxylic acids is 1. The first-order chi connectivity index (χ1) is 14.4. The van der Waals surface area contributed by atoms with Crippen LogP contribution in [0.5, 0.6) is 23.0 Å². The first-order valence-corrected chi connectivity index (χ1v) is 8.61. The van der Waals surface area contributed by atoms with E-state index >= 15 is 0 Å². The number of hydrogen-bond acceptors (Lipinski definition) is 7. The van der Waals surface area contributed by atoms with Crippen LogP contribution < -0.4 is 14.2 Å². The van der Waals surface area contributed by atoms with E-state index in [1.165, 1.54) is 49.6 Å². The maximum Gasteiger partial charge on any atom is 0.343 e. The van der Waals surface area contributed by atoms with Crippen LogP contribution in [0.15, 0.2) is 66.7 Å². The lowest BCUT2D eigenvalue weighted by Gasteiger charge is -2.10. The summed E-state index contributed by atoms with van der Waals surface area (Å²) in [4.78, 5) is 36.0. The van der Waals surface area contributed by atoms with E-state index in [1.807, 2.05) is 0 Å². The molecule has 8 heteroatoms. The van der Waals surface area contributed by atoms with Gasteiger partial charge in [-0.05, 0) is 60.7 Å². The first kappa shape index (κ1) is 20.4. The highest BCUT2D eigenvalue weighted by atomic mass is 16.5. The Bertz CT molecular complexity index is 1090. The number of benzene rings is 3. The number of hydrogen-bond donors (Lipinski definition) is 2. The molecule has 0 amide bonds. The Labute approximate surface area is 170 Å². The van der Waals surface area contributed by atoms with Gasteiger partial charge in [0, 0.05) is 6.07 Å². The lowest BCUT2D eigenvalue weighted by atomic mass is 10.2. The van der Waals surface area contributed by atoms with Crippen LogP contribution in [-0.2, 0) is 0 Å². The minimum Gasteiger partial charge on any atom is -0.508 e. The number of esters is 2. The predicted octanol–water partition coefficient (Wildman–Crippen LogP) is 3.54. The average molecular weight is 408 g/mol. The van der Waals surface area contributed by atoms with Crippen molar-refractivity contribution in [3.63, 3.8) is 0 Å². The lowest BCUT2D eigenvalue weighted by molar-refractivity contribution is 0.0680. The molecule has 0 aliphatic heterocycles. The van der Waals surface area contributed by atoms with Gasteiger partial charge in [0.25, 0.3) is 0 Å². The van der Waals surface area contributed by atoms with Crippen LogP contribution in [0.2, 0.25) is 0 Å². The molecule has 0 aliphatic rings. The molecular weight excluding hydrogens is 392 g/mol. The first-order valence-electron chi connectivity index (χ1n) is 8.61. The fourth-order valence-electron chi connectivity index (χ4n) is 2.47. The molecule has 0 heterocycles. The number of rotatable bonds is 6. The zero-order valence-electron chi connectivity index (χ0n) is 15.7. The van der Waals surface area contributed by atoms with Crippen molar-refractivity contribution in [1.29, 1.82) is 0 Å². The minimum absolute atomic E-state index is 0.0212. The summed E-state index contributed by atoms with van der Waals surface area (Å²) in [5, 5.41) is 18.6. The smallest absolute Gasteiger partial charge is 0.343 e. The van der Waals surface area contributed by atoms with Gasteiger partial charge in [-0.2, -0.15) is 0 Å². The van der Waals surface area contributed by atoms with E-state index in [9.17, 15) is 24.6 Å². The van der Waals surface area contributed by atoms with Gasteiger partial charge in [-0.25, -0.2) is 14.4 Å². The predicted molar refractivity (Wildman–Crippen MR) is 104 cm³/mol. The van der Waals surface area contributed by atoms with Crippen molar-refractivity contribution in [2.75, 3.05) is 7.11 Å². The van der Waals surface area contributed by atoms with Gasteiger partial charge >= 0.3 is 17.9 Å². The topological polar surface area (TPSA) is 119 Å². The highest BCUT2D eigenvalue weighted by molar-refractivity contribution is 5.94. The number of carboxylic acid groups (broad SMARTS) is 1. The van der Waals surface area contributed by atoms with Crippen LogP contribution in [0.1, 0.15) is 31.1 Å². The third kappa shape index (κ3) is 4.93. The Hall–Kier alpha value is -4.33. The maximum atomic E-state index is 12.3. The van der Waals surface area contributed by atoms with E-state index in [4.69, 9.17) is 14.2 Å². The molecule has 0 aromatic heterocycles. The summed E-state index contributed by atoms with van der Waals surface area (Å²) in [6.45, 7) is 0. The molecule has 3 rings (SSSR count). The summed E-state index contributed by atoms with van der Waals surface area (Å²) in [6.07, 6.45) is 0. The van der Waals surface area contributed by atoms with Crippen molar-refractivity contribution in [1.82, 2.24) is 0 Å². The van der Waals surface area contributed by atoms with E-state index in [1.54, 1.807) is 12.1 Å². The van der Waals surface area contributed by atoms with E-state index in [2.05, 4.69) is 0 Å². The van der Waals surface area contributed by atoms with Crippen molar-refractivity contribution in [2.24, 2.45) is 0 Å². The monoisotopic (exact) mass is 408 g/mol. The Balaban J connectivity index is 1.83. The van der Waals surface area contributed by atoms with Gasteiger partial charge in [-0.3, -0.25) is 0 Å². The van der Waals surface area contributed by atoms with Crippen LogP contribution in [-0.4, -0.2) is 35.2 Å². The van der Waals surface area contributed by atoms with Gasteiger partial charge in [0.1, 0.15) is 23.0 Å². The van der Waals surface area contributed by atoms with Gasteiger partial charge < -0.3 is 24.4 Å². The molecule has 2 N–H and O–H groups in total. The molecule has 30 heavy (non-hydrogen) atoms. The summed E-state index contributed by atoms with van der Waals surface area (Å²) >= 11 is 0. The largest absolute Gasteiger partial charge is 0.508 e. The van der Waals surface area contributed by atoms with Crippen molar-refractivity contribution >= 4 is 17.9 Å². The van der Waals surface area contributed by atoms with Crippen LogP contribution >= 0.6 is 0 Å². The number of carbonyl (C=O) groups is 3. The quantitative estimate of drug-likeness (QED) is 0.470. The molecule has 3 aromatic carbocycles. The SMILES string of the molecule is COc1ccc(C(=O)Oc2cc(OC(=O)c3ccc(O)cc3)cc(C(=O)O)c2)cc1. The number of ether oxygens (including phenoxy) is 3. The summed E-state index contributed by atoms with van der Waals surface area (Å²) in [5.41, 5.74) is 0.132. The summed E-state index contributed by atoms with van der Waals surface area (Å²) in [5.74, 6) is -2.48. The van der Waals surface area contributed by atoms with E-state index < -0.39 is 17.9 Å². The highest BCUT2D eigenvalue weighted by Crippen LogP contribution is 2.25. The molecule has 8 nitrogen and oxygen atoms in total. The number of phenols is 1. The van der Waals surface area contributed by atoms with Gasteiger partial charge in [0.05, 0.1) is 23.8 Å². The molecule has 0 fully saturated rings. The zero-order chi connectivity index (χ0) is 21.7. The highest BCUT2D eigenvalue weighted by Gasteiger charge is 2.16. The third-order valence-corrected chi connectivity index (χ3v) is 3.98. The fraction of sp³-hybridized carbons (Fsp3) is 0.0455. The molecule has 0 bridgehead atoms. The third-order valence-electron chi connectivity index (χ3n) is 3.98. The number of carbonyl (C=O) groups excluding carboxylic acids is 2. The van der Waals surface area contributed by atoms with Crippen LogP contribution in [0.3, 0.4) is 0 Å². The second-order valence-corrected chi connectivity index (χ2v) is 6.05. The number of phenolic OH excluding ortho intramolecular Hbond substituents is 1. The van der Waals surface area contributed by atoms with Crippen LogP contribution in [0.25, 0.3) is 0 Å². The Morgan fingerprint density at radius 3 is 1.57 bits per heavy atom. The Morgan fingerprint density at radius 1 is 0.667 bits per heavy atom. The van der Waals surface area contributed by atoms with Crippen molar-refractivity contribution < 1.29 is 38.8 Å². The zero-order valence-corrected chi connectivity index (χ0v) is 15.7. The summed E-state index contributed by atoms with van der Waals surface area (Å²) in [7, 11) is 1.49. The normalized spacial score (nSPS) is 10.2. The van der Waals surface area contributed by atoms with E-state index in [0.717, 1.165) is 12.1 Å². The average Bonchev–Trinajstić information content (AvgIpc) is 2.74. The summed E-state index contributed by atoms with van der Waals surface area (Å²) < 4.78 is 15.5. The molecule has 3 aromatic rings. The van der Waals surface area contributed by atoms with Gasteiger partial charge in [0.15, 0.2) is 0 Å². The second-order valence-electron chi connectivity index (χ2n) is 6.05. The fourth-order valence-corrected chi connectivity index (χ4v) is 2.47. The number of carboxylic acids is 1. The second kappa shape index (κ2) is 8.78. The number of methoxy groups -OCH3 is 1. The molecule has 0 atom stereocenters. The van der Waals surface area contributed by atoms with E-state index in [-0.39, 0.29) is 33.9 Å². The standard InChI is InChI=1S/C22H16O8/c1-28-17-8-4-14(5-9-17)22(27)30-19-11-15(20(24)25)10-18(12-19)29-21(26)13-2-6-16(23)7-3-13/h2-12,23H,1H3,(H,24,25). The molecule has 0 radical (unpaired) electrons. The van der Waals surface area contributed by atoms with Crippen molar-refractivity contribution in [2.45, 2.75) is 0 Å². The van der Waals surface area contributed by atoms with Crippen LogP contribution in [0, 0.1) is 0 Å². The van der Waals surface area contributed by atoms with Crippen LogP contribution in [0.4, 0.5) is 0 Å². The molecule has 152 valence electrons.